The van der Waals surface area contributed by atoms with E-state index < -0.39 is 5.97 Å². The van der Waals surface area contributed by atoms with Crippen LogP contribution in [0.3, 0.4) is 0 Å². The molecular weight excluding hydrogens is 196 g/mol. The van der Waals surface area contributed by atoms with E-state index in [9.17, 15) is 4.79 Å². The molecule has 0 heterocycles. The molecule has 0 bridgehead atoms. The molecule has 0 aliphatic heterocycles. The maximum absolute atomic E-state index is 10.3. The summed E-state index contributed by atoms with van der Waals surface area (Å²) in [5.41, 5.74) is 1.24. The van der Waals surface area contributed by atoms with Crippen molar-refractivity contribution in [2.75, 3.05) is 5.75 Å². The topological polar surface area (TPSA) is 37.3 Å². The van der Waals surface area contributed by atoms with Crippen molar-refractivity contribution in [1.82, 2.24) is 0 Å². The summed E-state index contributed by atoms with van der Waals surface area (Å²) >= 11 is 1.71. The van der Waals surface area contributed by atoms with Crippen molar-refractivity contribution >= 4 is 17.7 Å². The Bertz CT molecular complexity index is 310. The average molecular weight is 210 g/mol. The number of carboxylic acids is 1. The Morgan fingerprint density at radius 2 is 2.29 bits per heavy atom. The van der Waals surface area contributed by atoms with E-state index in [0.29, 0.717) is 0 Å². The van der Waals surface area contributed by atoms with Gasteiger partial charge in [0.15, 0.2) is 0 Å². The summed E-state index contributed by atoms with van der Waals surface area (Å²) in [4.78, 5) is 11.5. The summed E-state index contributed by atoms with van der Waals surface area (Å²) < 4.78 is 0. The first kappa shape index (κ1) is 11.1. The van der Waals surface area contributed by atoms with Crippen molar-refractivity contribution in [2.24, 2.45) is 0 Å². The van der Waals surface area contributed by atoms with E-state index in [4.69, 9.17) is 5.11 Å². The second-order valence-electron chi connectivity index (χ2n) is 3.16. The highest BCUT2D eigenvalue weighted by Gasteiger charge is 1.98. The molecule has 0 saturated carbocycles. The Hall–Kier alpha value is -0.960. The molecule has 0 amide bonds. The molecule has 1 N–H and O–H groups in total. The molecular formula is C11H14O2S. The van der Waals surface area contributed by atoms with Crippen LogP contribution in [0, 0.1) is 6.92 Å². The summed E-state index contributed by atoms with van der Waals surface area (Å²) in [6.45, 7) is 2.06. The lowest BCUT2D eigenvalue weighted by Crippen LogP contribution is -1.94. The molecule has 2 nitrogen and oxygen atoms in total. The first-order valence-electron chi connectivity index (χ1n) is 4.60. The van der Waals surface area contributed by atoms with Gasteiger partial charge >= 0.3 is 5.97 Å². The van der Waals surface area contributed by atoms with Crippen LogP contribution in [-0.2, 0) is 4.79 Å². The molecule has 0 radical (unpaired) electrons. The lowest BCUT2D eigenvalue weighted by Gasteiger charge is -2.01. The fourth-order valence-electron chi connectivity index (χ4n) is 1.12. The normalized spacial score (nSPS) is 10.1. The number of thioether (sulfide) groups is 1. The number of aliphatic carboxylic acids is 1. The minimum Gasteiger partial charge on any atom is -0.481 e. The standard InChI is InChI=1S/C11H14O2S/c1-9-4-2-5-10(8-9)14-7-3-6-11(12)13/h2,4-5,8H,3,6-7H2,1H3,(H,12,13). The van der Waals surface area contributed by atoms with Gasteiger partial charge in [-0.2, -0.15) is 0 Å². The molecule has 1 aromatic rings. The van der Waals surface area contributed by atoms with Gasteiger partial charge in [0.1, 0.15) is 0 Å². The molecule has 0 unspecified atom stereocenters. The van der Waals surface area contributed by atoms with Crippen molar-refractivity contribution in [2.45, 2.75) is 24.7 Å². The molecule has 0 spiro atoms. The Morgan fingerprint density at radius 1 is 1.50 bits per heavy atom. The molecule has 14 heavy (non-hydrogen) atoms. The van der Waals surface area contributed by atoms with Crippen molar-refractivity contribution in [3.63, 3.8) is 0 Å². The third-order valence-electron chi connectivity index (χ3n) is 1.79. The van der Waals surface area contributed by atoms with Gasteiger partial charge in [0.25, 0.3) is 0 Å². The van der Waals surface area contributed by atoms with Crippen molar-refractivity contribution < 1.29 is 9.90 Å². The number of rotatable bonds is 5. The van der Waals surface area contributed by atoms with Crippen LogP contribution in [0.25, 0.3) is 0 Å². The van der Waals surface area contributed by atoms with Crippen molar-refractivity contribution in [1.29, 1.82) is 0 Å². The molecule has 3 heteroatoms. The molecule has 0 atom stereocenters. The van der Waals surface area contributed by atoms with Gasteiger partial charge in [-0.25, -0.2) is 0 Å². The molecule has 0 saturated heterocycles. The van der Waals surface area contributed by atoms with Gasteiger partial charge in [-0.3, -0.25) is 4.79 Å². The number of carboxylic acid groups (broad SMARTS) is 1. The lowest BCUT2D eigenvalue weighted by molar-refractivity contribution is -0.137. The van der Waals surface area contributed by atoms with Gasteiger partial charge in [0.2, 0.25) is 0 Å². The van der Waals surface area contributed by atoms with E-state index in [2.05, 4.69) is 25.1 Å². The third-order valence-corrected chi connectivity index (χ3v) is 2.87. The molecule has 1 aromatic carbocycles. The first-order valence-corrected chi connectivity index (χ1v) is 5.58. The van der Waals surface area contributed by atoms with Crippen LogP contribution < -0.4 is 0 Å². The zero-order valence-electron chi connectivity index (χ0n) is 8.19. The molecule has 0 aromatic heterocycles. The maximum atomic E-state index is 10.3. The van der Waals surface area contributed by atoms with Crippen LogP contribution in [0.15, 0.2) is 29.2 Å². The predicted molar refractivity (Wildman–Crippen MR) is 58.8 cm³/mol. The third kappa shape index (κ3) is 4.33. The van der Waals surface area contributed by atoms with Crippen LogP contribution in [0.5, 0.6) is 0 Å². The first-order chi connectivity index (χ1) is 6.68. The zero-order valence-corrected chi connectivity index (χ0v) is 9.01. The minimum absolute atomic E-state index is 0.263. The summed E-state index contributed by atoms with van der Waals surface area (Å²) in [6, 6.07) is 8.25. The Kier molecular flexibility index (Phi) is 4.53. The fraction of sp³-hybridized carbons (Fsp3) is 0.364. The van der Waals surface area contributed by atoms with Gasteiger partial charge in [0.05, 0.1) is 0 Å². The summed E-state index contributed by atoms with van der Waals surface area (Å²) in [7, 11) is 0. The van der Waals surface area contributed by atoms with Crippen molar-refractivity contribution in [3.05, 3.63) is 29.8 Å². The summed E-state index contributed by atoms with van der Waals surface area (Å²) in [5.74, 6) is 0.158. The van der Waals surface area contributed by atoms with Gasteiger partial charge in [-0.05, 0) is 31.2 Å². The quantitative estimate of drug-likeness (QED) is 0.599. The van der Waals surface area contributed by atoms with Crippen LogP contribution in [-0.4, -0.2) is 16.8 Å². The van der Waals surface area contributed by atoms with E-state index in [1.54, 1.807) is 11.8 Å². The number of benzene rings is 1. The molecule has 0 aliphatic carbocycles. The Balaban J connectivity index is 2.28. The smallest absolute Gasteiger partial charge is 0.303 e. The lowest BCUT2D eigenvalue weighted by atomic mass is 10.2. The monoisotopic (exact) mass is 210 g/mol. The second kappa shape index (κ2) is 5.70. The average Bonchev–Trinajstić information content (AvgIpc) is 2.12. The van der Waals surface area contributed by atoms with E-state index in [1.165, 1.54) is 10.5 Å². The highest BCUT2D eigenvalue weighted by Crippen LogP contribution is 2.19. The van der Waals surface area contributed by atoms with Gasteiger partial charge in [0, 0.05) is 11.3 Å². The highest BCUT2D eigenvalue weighted by molar-refractivity contribution is 7.99. The van der Waals surface area contributed by atoms with E-state index in [1.807, 2.05) is 6.07 Å². The number of aryl methyl sites for hydroxylation is 1. The number of carbonyl (C=O) groups is 1. The van der Waals surface area contributed by atoms with E-state index in [0.717, 1.165) is 12.2 Å². The van der Waals surface area contributed by atoms with Crippen LogP contribution in [0.4, 0.5) is 0 Å². The highest BCUT2D eigenvalue weighted by atomic mass is 32.2. The molecule has 76 valence electrons. The Labute approximate surface area is 88.3 Å². The van der Waals surface area contributed by atoms with E-state index >= 15 is 0 Å². The van der Waals surface area contributed by atoms with Gasteiger partial charge in [-0.15, -0.1) is 11.8 Å². The summed E-state index contributed by atoms with van der Waals surface area (Å²) in [5, 5.41) is 8.45. The predicted octanol–water partition coefficient (Wildman–Crippen LogP) is 2.95. The fourth-order valence-corrected chi connectivity index (χ4v) is 2.09. The summed E-state index contributed by atoms with van der Waals surface area (Å²) in [6.07, 6.45) is 0.993. The van der Waals surface area contributed by atoms with Crippen LogP contribution in [0.2, 0.25) is 0 Å². The van der Waals surface area contributed by atoms with Crippen LogP contribution in [0.1, 0.15) is 18.4 Å². The molecule has 0 fully saturated rings. The minimum atomic E-state index is -0.713. The van der Waals surface area contributed by atoms with Gasteiger partial charge < -0.3 is 5.11 Å². The van der Waals surface area contributed by atoms with E-state index in [-0.39, 0.29) is 6.42 Å². The van der Waals surface area contributed by atoms with Crippen molar-refractivity contribution in [3.8, 4) is 0 Å². The van der Waals surface area contributed by atoms with Gasteiger partial charge in [-0.1, -0.05) is 17.7 Å². The second-order valence-corrected chi connectivity index (χ2v) is 4.33. The number of hydrogen-bond acceptors (Lipinski definition) is 2. The largest absolute Gasteiger partial charge is 0.481 e. The maximum Gasteiger partial charge on any atom is 0.303 e. The molecule has 1 rings (SSSR count). The number of hydrogen-bond donors (Lipinski definition) is 1. The molecule has 0 aliphatic rings. The van der Waals surface area contributed by atoms with Crippen LogP contribution >= 0.6 is 11.8 Å². The zero-order chi connectivity index (χ0) is 10.4. The SMILES string of the molecule is Cc1cccc(SCCCC(=O)O)c1. The Morgan fingerprint density at radius 3 is 2.93 bits per heavy atom.